The van der Waals surface area contributed by atoms with Crippen LogP contribution >= 0.6 is 11.6 Å². The van der Waals surface area contributed by atoms with Crippen molar-refractivity contribution in [1.82, 2.24) is 4.98 Å². The number of carbonyl (C=O) groups is 2. The number of hydrogen-bond donors (Lipinski definition) is 2. The molecule has 1 amide bonds. The minimum atomic E-state index is -0.619. The normalized spacial score (nSPS) is 9.47. The first-order chi connectivity index (χ1) is 8.08. The first kappa shape index (κ1) is 13.1. The maximum absolute atomic E-state index is 11.5. The van der Waals surface area contributed by atoms with E-state index in [0.29, 0.717) is 0 Å². The average molecular weight is 256 g/mol. The molecule has 0 saturated carbocycles. The van der Waals surface area contributed by atoms with Gasteiger partial charge in [0, 0.05) is 0 Å². The SMILES string of the molecule is CCOC(=O)c1[nH]c(Cl)cc1NC(=O)CC#N. The molecular formula is C10H10ClN3O3. The van der Waals surface area contributed by atoms with Crippen LogP contribution in [0.4, 0.5) is 5.69 Å². The van der Waals surface area contributed by atoms with E-state index < -0.39 is 11.9 Å². The van der Waals surface area contributed by atoms with Crippen molar-refractivity contribution in [2.24, 2.45) is 0 Å². The summed E-state index contributed by atoms with van der Waals surface area (Å²) in [4.78, 5) is 25.3. The van der Waals surface area contributed by atoms with Crippen LogP contribution in [-0.2, 0) is 9.53 Å². The number of esters is 1. The van der Waals surface area contributed by atoms with Gasteiger partial charge in [-0.15, -0.1) is 0 Å². The van der Waals surface area contributed by atoms with E-state index in [9.17, 15) is 9.59 Å². The van der Waals surface area contributed by atoms with Gasteiger partial charge in [-0.1, -0.05) is 11.6 Å². The second-order valence-corrected chi connectivity index (χ2v) is 3.42. The Morgan fingerprint density at radius 3 is 2.94 bits per heavy atom. The number of nitrogens with zero attached hydrogens (tertiary/aromatic N) is 1. The highest BCUT2D eigenvalue weighted by atomic mass is 35.5. The Hall–Kier alpha value is -2.00. The molecule has 0 unspecified atom stereocenters. The van der Waals surface area contributed by atoms with Crippen molar-refractivity contribution in [3.63, 3.8) is 0 Å². The summed E-state index contributed by atoms with van der Waals surface area (Å²) in [6.07, 6.45) is -0.301. The van der Waals surface area contributed by atoms with Crippen LogP contribution in [0.3, 0.4) is 0 Å². The Bertz CT molecular complexity index is 476. The average Bonchev–Trinajstić information content (AvgIpc) is 2.60. The summed E-state index contributed by atoms with van der Waals surface area (Å²) in [5.41, 5.74) is 0.261. The number of halogens is 1. The lowest BCUT2D eigenvalue weighted by atomic mass is 10.3. The molecule has 0 aromatic carbocycles. The second-order valence-electron chi connectivity index (χ2n) is 3.01. The van der Waals surface area contributed by atoms with Crippen LogP contribution < -0.4 is 5.32 Å². The highest BCUT2D eigenvalue weighted by Crippen LogP contribution is 2.21. The van der Waals surface area contributed by atoms with E-state index in [1.807, 2.05) is 0 Å². The second kappa shape index (κ2) is 5.92. The van der Waals surface area contributed by atoms with E-state index in [2.05, 4.69) is 10.3 Å². The number of nitriles is 1. The molecule has 1 rings (SSSR count). The van der Waals surface area contributed by atoms with Gasteiger partial charge in [-0.2, -0.15) is 5.26 Å². The maximum atomic E-state index is 11.5. The lowest BCUT2D eigenvalue weighted by molar-refractivity contribution is -0.115. The molecule has 1 aromatic rings. The molecule has 0 aliphatic rings. The summed E-state index contributed by atoms with van der Waals surface area (Å²) in [5, 5.41) is 10.9. The van der Waals surface area contributed by atoms with Crippen molar-refractivity contribution in [1.29, 1.82) is 5.26 Å². The lowest BCUT2D eigenvalue weighted by Gasteiger charge is -2.04. The minimum absolute atomic E-state index is 0.0585. The molecule has 1 aromatic heterocycles. The number of H-pyrrole nitrogens is 1. The molecule has 2 N–H and O–H groups in total. The summed E-state index contributed by atoms with van der Waals surface area (Å²) < 4.78 is 4.78. The number of aromatic nitrogens is 1. The lowest BCUT2D eigenvalue weighted by Crippen LogP contribution is -2.14. The van der Waals surface area contributed by atoms with Crippen molar-refractivity contribution in [3.05, 3.63) is 16.9 Å². The predicted octanol–water partition coefficient (Wildman–Crippen LogP) is 1.70. The number of nitrogens with one attached hydrogen (secondary N) is 2. The fourth-order valence-corrected chi connectivity index (χ4v) is 1.35. The number of ether oxygens (including phenoxy) is 1. The van der Waals surface area contributed by atoms with Crippen LogP contribution in [0.5, 0.6) is 0 Å². The molecule has 0 aliphatic carbocycles. The van der Waals surface area contributed by atoms with Crippen LogP contribution in [0.25, 0.3) is 0 Å². The van der Waals surface area contributed by atoms with E-state index in [0.717, 1.165) is 0 Å². The molecule has 0 fully saturated rings. The van der Waals surface area contributed by atoms with Crippen LogP contribution in [0, 0.1) is 11.3 Å². The zero-order valence-corrected chi connectivity index (χ0v) is 9.80. The summed E-state index contributed by atoms with van der Waals surface area (Å²) in [5.74, 6) is -1.14. The van der Waals surface area contributed by atoms with Gasteiger partial charge in [0.25, 0.3) is 0 Å². The van der Waals surface area contributed by atoms with E-state index in [1.54, 1.807) is 13.0 Å². The van der Waals surface area contributed by atoms with Gasteiger partial charge >= 0.3 is 5.97 Å². The summed E-state index contributed by atoms with van der Waals surface area (Å²) in [6.45, 7) is 1.87. The van der Waals surface area contributed by atoms with Crippen LogP contribution in [0.15, 0.2) is 6.07 Å². The van der Waals surface area contributed by atoms with E-state index in [4.69, 9.17) is 21.6 Å². The zero-order valence-electron chi connectivity index (χ0n) is 9.04. The third-order valence-corrected chi connectivity index (χ3v) is 1.98. The molecule has 0 aliphatic heterocycles. The fraction of sp³-hybridized carbons (Fsp3) is 0.300. The standard InChI is InChI=1S/C10H10ClN3O3/c1-2-17-10(16)9-6(5-7(11)14-9)13-8(15)3-4-12/h5,14H,2-3H2,1H3,(H,13,15). The molecule has 1 heterocycles. The van der Waals surface area contributed by atoms with E-state index >= 15 is 0 Å². The fourth-order valence-electron chi connectivity index (χ4n) is 1.15. The number of rotatable bonds is 4. The molecule has 6 nitrogen and oxygen atoms in total. The Balaban J connectivity index is 2.88. The van der Waals surface area contributed by atoms with Crippen molar-refractivity contribution in [2.75, 3.05) is 11.9 Å². The van der Waals surface area contributed by atoms with Gasteiger partial charge in [0.05, 0.1) is 18.4 Å². The maximum Gasteiger partial charge on any atom is 0.356 e. The molecule has 0 bridgehead atoms. The van der Waals surface area contributed by atoms with E-state index in [1.165, 1.54) is 6.07 Å². The molecule has 0 radical (unpaired) electrons. The third kappa shape index (κ3) is 3.50. The topological polar surface area (TPSA) is 95.0 Å². The van der Waals surface area contributed by atoms with Crippen molar-refractivity contribution in [3.8, 4) is 6.07 Å². The number of carbonyl (C=O) groups excluding carboxylic acids is 2. The van der Waals surface area contributed by atoms with Gasteiger partial charge in [0.1, 0.15) is 17.3 Å². The third-order valence-electron chi connectivity index (χ3n) is 1.78. The summed E-state index contributed by atoms with van der Waals surface area (Å²) >= 11 is 5.69. The molecule has 0 spiro atoms. The smallest absolute Gasteiger partial charge is 0.356 e. The molecule has 0 saturated heterocycles. The Morgan fingerprint density at radius 1 is 1.65 bits per heavy atom. The molecular weight excluding hydrogens is 246 g/mol. The largest absolute Gasteiger partial charge is 0.461 e. The Morgan fingerprint density at radius 2 is 2.35 bits per heavy atom. The number of amides is 1. The van der Waals surface area contributed by atoms with Gasteiger partial charge in [-0.05, 0) is 13.0 Å². The summed E-state index contributed by atoms with van der Waals surface area (Å²) in [7, 11) is 0. The van der Waals surface area contributed by atoms with Crippen LogP contribution in [0.2, 0.25) is 5.15 Å². The van der Waals surface area contributed by atoms with Crippen molar-refractivity contribution < 1.29 is 14.3 Å². The number of anilines is 1. The Labute approximate surface area is 103 Å². The molecule has 17 heavy (non-hydrogen) atoms. The summed E-state index contributed by atoms with van der Waals surface area (Å²) in [6, 6.07) is 3.08. The number of hydrogen-bond acceptors (Lipinski definition) is 4. The van der Waals surface area contributed by atoms with Gasteiger partial charge < -0.3 is 15.0 Å². The van der Waals surface area contributed by atoms with Crippen LogP contribution in [-0.4, -0.2) is 23.5 Å². The highest BCUT2D eigenvalue weighted by Gasteiger charge is 2.17. The van der Waals surface area contributed by atoms with Crippen molar-refractivity contribution in [2.45, 2.75) is 13.3 Å². The molecule has 0 atom stereocenters. The molecule has 7 heteroatoms. The van der Waals surface area contributed by atoms with E-state index in [-0.39, 0.29) is 29.6 Å². The van der Waals surface area contributed by atoms with Crippen LogP contribution in [0.1, 0.15) is 23.8 Å². The van der Waals surface area contributed by atoms with Gasteiger partial charge in [-0.25, -0.2) is 4.79 Å². The first-order valence-corrected chi connectivity index (χ1v) is 5.18. The van der Waals surface area contributed by atoms with Gasteiger partial charge in [0.2, 0.25) is 5.91 Å². The Kier molecular flexibility index (Phi) is 4.55. The van der Waals surface area contributed by atoms with Crippen molar-refractivity contribution >= 4 is 29.2 Å². The van der Waals surface area contributed by atoms with Gasteiger partial charge in [-0.3, -0.25) is 4.79 Å². The predicted molar refractivity (Wildman–Crippen MR) is 60.6 cm³/mol. The highest BCUT2D eigenvalue weighted by molar-refractivity contribution is 6.30. The zero-order chi connectivity index (χ0) is 12.8. The monoisotopic (exact) mass is 255 g/mol. The number of aromatic amines is 1. The first-order valence-electron chi connectivity index (χ1n) is 4.81. The quantitative estimate of drug-likeness (QED) is 0.801. The minimum Gasteiger partial charge on any atom is -0.461 e. The van der Waals surface area contributed by atoms with Gasteiger partial charge in [0.15, 0.2) is 0 Å². The molecule has 90 valence electrons.